The molecule has 0 radical (unpaired) electrons. The molecule has 1 saturated heterocycles. The Morgan fingerprint density at radius 1 is 1.69 bits per heavy atom. The first-order valence-electron chi connectivity index (χ1n) is 5.52. The van der Waals surface area contributed by atoms with Crippen molar-refractivity contribution in [3.63, 3.8) is 0 Å². The first kappa shape index (κ1) is 11.6. The maximum absolute atomic E-state index is 11.5. The molecule has 2 rings (SSSR count). The van der Waals surface area contributed by atoms with E-state index < -0.39 is 0 Å². The van der Waals surface area contributed by atoms with Gasteiger partial charge in [0.2, 0.25) is 0 Å². The number of hydrogen-bond donors (Lipinski definition) is 2. The van der Waals surface area contributed by atoms with Crippen LogP contribution in [0.25, 0.3) is 0 Å². The molecule has 0 bridgehead atoms. The van der Waals surface area contributed by atoms with Crippen LogP contribution in [-0.4, -0.2) is 25.6 Å². The lowest BCUT2D eigenvalue weighted by atomic mass is 10.0. The van der Waals surface area contributed by atoms with Gasteiger partial charge >= 0.3 is 0 Å². The van der Waals surface area contributed by atoms with E-state index in [2.05, 4.69) is 10.8 Å². The summed E-state index contributed by atoms with van der Waals surface area (Å²) < 4.78 is 0. The molecule has 1 aromatic heterocycles. The quantitative estimate of drug-likeness (QED) is 0.782. The van der Waals surface area contributed by atoms with Crippen LogP contribution in [0.5, 0.6) is 0 Å². The largest absolute Gasteiger partial charge is 0.316 e. The number of hydrogen-bond acceptors (Lipinski definition) is 4. The molecule has 1 aliphatic rings. The summed E-state index contributed by atoms with van der Waals surface area (Å²) in [5.41, 5.74) is 2.48. The van der Waals surface area contributed by atoms with E-state index in [0.717, 1.165) is 13.1 Å². The third-order valence-electron chi connectivity index (χ3n) is 2.63. The maximum Gasteiger partial charge on any atom is 0.284 e. The molecular weight excluding hydrogens is 224 g/mol. The van der Waals surface area contributed by atoms with Crippen LogP contribution >= 0.6 is 11.3 Å². The van der Waals surface area contributed by atoms with Gasteiger partial charge in [0.05, 0.1) is 11.5 Å². The van der Waals surface area contributed by atoms with E-state index in [1.165, 1.54) is 24.2 Å². The summed E-state index contributed by atoms with van der Waals surface area (Å²) in [6.45, 7) is 2.66. The number of amides is 1. The van der Waals surface area contributed by atoms with E-state index in [0.29, 0.717) is 17.4 Å². The van der Waals surface area contributed by atoms with Crippen LogP contribution in [0.2, 0.25) is 0 Å². The van der Waals surface area contributed by atoms with Crippen LogP contribution in [0.1, 0.15) is 22.5 Å². The number of carbonyl (C=O) groups excluding carboxylic acids is 1. The summed E-state index contributed by atoms with van der Waals surface area (Å²) >= 11 is 1.41. The van der Waals surface area contributed by atoms with Gasteiger partial charge in [-0.2, -0.15) is 0 Å². The summed E-state index contributed by atoms with van der Waals surface area (Å²) in [5.74, 6) is 0.358. The highest BCUT2D eigenvalue weighted by molar-refractivity contribution is 7.12. The van der Waals surface area contributed by atoms with Gasteiger partial charge in [-0.15, -0.1) is 11.3 Å². The van der Waals surface area contributed by atoms with Crippen LogP contribution in [-0.2, 0) is 4.84 Å². The lowest BCUT2D eigenvalue weighted by molar-refractivity contribution is 0.0131. The molecule has 1 amide bonds. The van der Waals surface area contributed by atoms with Crippen molar-refractivity contribution >= 4 is 17.2 Å². The summed E-state index contributed by atoms with van der Waals surface area (Å²) in [6, 6.07) is 3.64. The highest BCUT2D eigenvalue weighted by atomic mass is 32.1. The number of thiophene rings is 1. The van der Waals surface area contributed by atoms with Gasteiger partial charge in [0.15, 0.2) is 0 Å². The molecule has 0 spiro atoms. The molecule has 1 atom stereocenters. The highest BCUT2D eigenvalue weighted by Gasteiger charge is 2.14. The van der Waals surface area contributed by atoms with Crippen molar-refractivity contribution < 1.29 is 9.63 Å². The lowest BCUT2D eigenvalue weighted by Gasteiger charge is -2.22. The van der Waals surface area contributed by atoms with Crippen molar-refractivity contribution in [3.05, 3.63) is 22.4 Å². The van der Waals surface area contributed by atoms with Gasteiger partial charge in [0.1, 0.15) is 0 Å². The molecular formula is C11H16N2O2S. The minimum absolute atomic E-state index is 0.154. The van der Waals surface area contributed by atoms with Crippen LogP contribution in [0.15, 0.2) is 17.5 Å². The zero-order valence-corrected chi connectivity index (χ0v) is 9.89. The van der Waals surface area contributed by atoms with E-state index in [-0.39, 0.29) is 5.91 Å². The van der Waals surface area contributed by atoms with Gasteiger partial charge in [-0.1, -0.05) is 6.07 Å². The van der Waals surface area contributed by atoms with Crippen LogP contribution in [0.3, 0.4) is 0 Å². The van der Waals surface area contributed by atoms with Crippen LogP contribution < -0.4 is 10.8 Å². The standard InChI is InChI=1S/C11H16N2O2S/c14-11(10-4-2-6-16-10)13-15-8-9-3-1-5-12-7-9/h2,4,6,9,12H,1,3,5,7-8H2,(H,13,14). The number of carbonyl (C=O) groups is 1. The molecule has 0 saturated carbocycles. The van der Waals surface area contributed by atoms with Crippen molar-refractivity contribution in [2.45, 2.75) is 12.8 Å². The van der Waals surface area contributed by atoms with Crippen molar-refractivity contribution in [3.8, 4) is 0 Å². The minimum Gasteiger partial charge on any atom is -0.316 e. The van der Waals surface area contributed by atoms with Gasteiger partial charge in [-0.05, 0) is 36.8 Å². The van der Waals surface area contributed by atoms with Crippen molar-refractivity contribution in [2.75, 3.05) is 19.7 Å². The summed E-state index contributed by atoms with van der Waals surface area (Å²) in [6.07, 6.45) is 2.36. The Balaban J connectivity index is 1.66. The molecule has 4 nitrogen and oxygen atoms in total. The predicted octanol–water partition coefficient (Wildman–Crippen LogP) is 1.41. The number of piperidine rings is 1. The van der Waals surface area contributed by atoms with Gasteiger partial charge in [-0.3, -0.25) is 9.63 Å². The molecule has 1 aromatic rings. The fraction of sp³-hybridized carbons (Fsp3) is 0.545. The molecule has 2 N–H and O–H groups in total. The average molecular weight is 240 g/mol. The van der Waals surface area contributed by atoms with Gasteiger partial charge in [0, 0.05) is 6.54 Å². The molecule has 88 valence electrons. The van der Waals surface area contributed by atoms with Crippen molar-refractivity contribution in [1.29, 1.82) is 0 Å². The monoisotopic (exact) mass is 240 g/mol. The molecule has 0 aromatic carbocycles. The fourth-order valence-electron chi connectivity index (χ4n) is 1.75. The Morgan fingerprint density at radius 3 is 3.31 bits per heavy atom. The Kier molecular flexibility index (Phi) is 4.33. The minimum atomic E-state index is -0.154. The second kappa shape index (κ2) is 5.98. The van der Waals surface area contributed by atoms with Gasteiger partial charge in [0.25, 0.3) is 5.91 Å². The molecule has 16 heavy (non-hydrogen) atoms. The highest BCUT2D eigenvalue weighted by Crippen LogP contribution is 2.10. The number of nitrogens with one attached hydrogen (secondary N) is 2. The Morgan fingerprint density at radius 2 is 2.62 bits per heavy atom. The summed E-state index contributed by atoms with van der Waals surface area (Å²) in [7, 11) is 0. The lowest BCUT2D eigenvalue weighted by Crippen LogP contribution is -2.34. The molecule has 5 heteroatoms. The normalized spacial score (nSPS) is 20.6. The molecule has 0 aliphatic carbocycles. The third-order valence-corrected chi connectivity index (χ3v) is 3.50. The van der Waals surface area contributed by atoms with Crippen LogP contribution in [0, 0.1) is 5.92 Å². The van der Waals surface area contributed by atoms with Crippen LogP contribution in [0.4, 0.5) is 0 Å². The van der Waals surface area contributed by atoms with E-state index in [1.54, 1.807) is 6.07 Å². The summed E-state index contributed by atoms with van der Waals surface area (Å²) in [5, 5.41) is 5.18. The predicted molar refractivity (Wildman–Crippen MR) is 63.3 cm³/mol. The number of rotatable bonds is 4. The zero-order chi connectivity index (χ0) is 11.2. The Labute approximate surface area is 98.9 Å². The maximum atomic E-state index is 11.5. The van der Waals surface area contributed by atoms with E-state index in [1.807, 2.05) is 11.4 Å². The van der Waals surface area contributed by atoms with E-state index >= 15 is 0 Å². The fourth-order valence-corrected chi connectivity index (χ4v) is 2.36. The molecule has 1 unspecified atom stereocenters. The van der Waals surface area contributed by atoms with E-state index in [9.17, 15) is 4.79 Å². The summed E-state index contributed by atoms with van der Waals surface area (Å²) in [4.78, 5) is 17.4. The second-order valence-corrected chi connectivity index (χ2v) is 4.88. The number of hydroxylamine groups is 1. The molecule has 1 fully saturated rings. The SMILES string of the molecule is O=C(NOCC1CCCNC1)c1cccs1. The van der Waals surface area contributed by atoms with Crippen molar-refractivity contribution in [1.82, 2.24) is 10.8 Å². The zero-order valence-electron chi connectivity index (χ0n) is 9.07. The first-order chi connectivity index (χ1) is 7.86. The van der Waals surface area contributed by atoms with Crippen molar-refractivity contribution in [2.24, 2.45) is 5.92 Å². The second-order valence-electron chi connectivity index (χ2n) is 3.93. The molecule has 2 heterocycles. The third kappa shape index (κ3) is 3.30. The Bertz CT molecular complexity index is 321. The van der Waals surface area contributed by atoms with Gasteiger partial charge in [-0.25, -0.2) is 5.48 Å². The first-order valence-corrected chi connectivity index (χ1v) is 6.40. The Hall–Kier alpha value is -0.910. The smallest absolute Gasteiger partial charge is 0.284 e. The molecule has 1 aliphatic heterocycles. The van der Waals surface area contributed by atoms with E-state index in [4.69, 9.17) is 4.84 Å². The van der Waals surface area contributed by atoms with Gasteiger partial charge < -0.3 is 5.32 Å². The topological polar surface area (TPSA) is 50.4 Å². The average Bonchev–Trinajstić information content (AvgIpc) is 2.84.